The molecular weight excluding hydrogens is 355 g/mol. The number of nitrogens with one attached hydrogen (secondary N) is 1. The first-order valence-corrected chi connectivity index (χ1v) is 8.78. The van der Waals surface area contributed by atoms with Crippen molar-refractivity contribution in [3.05, 3.63) is 44.4 Å². The van der Waals surface area contributed by atoms with E-state index in [1.807, 2.05) is 0 Å². The third-order valence-corrected chi connectivity index (χ3v) is 5.89. The van der Waals surface area contributed by atoms with E-state index < -0.39 is 0 Å². The van der Waals surface area contributed by atoms with Crippen molar-refractivity contribution < 1.29 is 0 Å². The summed E-state index contributed by atoms with van der Waals surface area (Å²) in [5.74, 6) is 0.893. The monoisotopic (exact) mass is 370 g/mol. The molecule has 0 aliphatic carbocycles. The molecule has 1 saturated heterocycles. The molecule has 1 unspecified atom stereocenters. The Morgan fingerprint density at radius 3 is 2.91 bits per heavy atom. The number of hydrogen-bond acceptors (Lipinski definition) is 5. The highest BCUT2D eigenvalue weighted by Gasteiger charge is 2.23. The molecule has 2 heterocycles. The molecule has 1 atom stereocenters. The van der Waals surface area contributed by atoms with Crippen molar-refractivity contribution in [3.63, 3.8) is 0 Å². The molecule has 0 radical (unpaired) electrons. The first-order valence-electron chi connectivity index (χ1n) is 7.20. The number of nitrogens with zero attached hydrogens (tertiary/aromatic N) is 2. The molecule has 5 nitrogen and oxygen atoms in total. The van der Waals surface area contributed by atoms with Gasteiger partial charge in [-0.25, -0.2) is 4.98 Å². The van der Waals surface area contributed by atoms with Crippen LogP contribution in [-0.2, 0) is 7.05 Å². The molecule has 8 heteroatoms. The summed E-state index contributed by atoms with van der Waals surface area (Å²) in [6.07, 6.45) is 2.02. The third kappa shape index (κ3) is 3.21. The highest BCUT2D eigenvalue weighted by molar-refractivity contribution is 7.99. The molecule has 0 bridgehead atoms. The van der Waals surface area contributed by atoms with Crippen LogP contribution in [0.1, 0.15) is 24.7 Å². The van der Waals surface area contributed by atoms with Gasteiger partial charge in [-0.15, -0.1) is 0 Å². The van der Waals surface area contributed by atoms with Crippen molar-refractivity contribution in [2.45, 2.75) is 28.7 Å². The molecule has 1 aromatic carbocycles. The van der Waals surface area contributed by atoms with Gasteiger partial charge >= 0.3 is 0 Å². The Hall–Kier alpha value is -1.21. The van der Waals surface area contributed by atoms with E-state index in [1.54, 1.807) is 29.8 Å². The summed E-state index contributed by atoms with van der Waals surface area (Å²) in [7, 11) is 1.72. The zero-order valence-electron chi connectivity index (χ0n) is 12.5. The zero-order valence-corrected chi connectivity index (χ0v) is 14.8. The van der Waals surface area contributed by atoms with Gasteiger partial charge in [0.25, 0.3) is 5.56 Å². The predicted octanol–water partition coefficient (Wildman–Crippen LogP) is 3.25. The van der Waals surface area contributed by atoms with Crippen LogP contribution < -0.4 is 16.6 Å². The Labute approximate surface area is 148 Å². The molecular formula is C15H16Cl2N4OS. The third-order valence-electron chi connectivity index (χ3n) is 3.81. The summed E-state index contributed by atoms with van der Waals surface area (Å²) < 4.78 is 1.56. The maximum atomic E-state index is 12.7. The number of halogens is 2. The molecule has 122 valence electrons. The molecule has 2 aromatic rings. The summed E-state index contributed by atoms with van der Waals surface area (Å²) in [5, 5.41) is 4.17. The number of benzene rings is 1. The fourth-order valence-corrected chi connectivity index (χ4v) is 4.01. The number of aromatic nitrogens is 2. The summed E-state index contributed by atoms with van der Waals surface area (Å²) in [6, 6.07) is 5.34. The van der Waals surface area contributed by atoms with Gasteiger partial charge in [0, 0.05) is 11.9 Å². The number of rotatable bonds is 3. The molecule has 0 saturated carbocycles. The molecule has 3 N–H and O–H groups in total. The number of nitrogens with two attached hydrogens (primary N) is 1. The minimum Gasteiger partial charge on any atom is -0.383 e. The Kier molecular flexibility index (Phi) is 4.87. The smallest absolute Gasteiger partial charge is 0.269 e. The van der Waals surface area contributed by atoms with E-state index in [1.165, 1.54) is 11.8 Å². The van der Waals surface area contributed by atoms with Crippen LogP contribution in [0.4, 0.5) is 5.82 Å². The number of nitrogen functional groups attached to an aromatic ring is 1. The second kappa shape index (κ2) is 6.73. The molecule has 1 aromatic heterocycles. The van der Waals surface area contributed by atoms with Gasteiger partial charge in [0.05, 0.1) is 16.1 Å². The van der Waals surface area contributed by atoms with E-state index in [9.17, 15) is 4.79 Å². The van der Waals surface area contributed by atoms with Crippen molar-refractivity contribution in [2.75, 3.05) is 12.3 Å². The van der Waals surface area contributed by atoms with E-state index in [0.29, 0.717) is 25.7 Å². The fraction of sp³-hybridized carbons (Fsp3) is 0.333. The minimum atomic E-state index is -0.178. The number of hydrogen-bond donors (Lipinski definition) is 2. The normalized spacial score (nSPS) is 17.6. The second-order valence-electron chi connectivity index (χ2n) is 5.35. The maximum Gasteiger partial charge on any atom is 0.269 e. The van der Waals surface area contributed by atoms with Gasteiger partial charge in [-0.1, -0.05) is 41.0 Å². The maximum absolute atomic E-state index is 12.7. The van der Waals surface area contributed by atoms with Gasteiger partial charge in [0.15, 0.2) is 0 Å². The Morgan fingerprint density at radius 1 is 1.43 bits per heavy atom. The first kappa shape index (κ1) is 16.6. The van der Waals surface area contributed by atoms with E-state index >= 15 is 0 Å². The van der Waals surface area contributed by atoms with Crippen molar-refractivity contribution in [1.82, 2.24) is 14.9 Å². The summed E-state index contributed by atoms with van der Waals surface area (Å²) in [6.45, 7) is 0.926. The quantitative estimate of drug-likeness (QED) is 0.867. The van der Waals surface area contributed by atoms with Crippen molar-refractivity contribution in [1.29, 1.82) is 0 Å². The topological polar surface area (TPSA) is 72.9 Å². The van der Waals surface area contributed by atoms with Crippen molar-refractivity contribution in [2.24, 2.45) is 7.05 Å². The molecule has 0 spiro atoms. The Balaban J connectivity index is 2.02. The van der Waals surface area contributed by atoms with Gasteiger partial charge in [0.1, 0.15) is 16.5 Å². The van der Waals surface area contributed by atoms with Gasteiger partial charge < -0.3 is 11.1 Å². The van der Waals surface area contributed by atoms with Crippen LogP contribution in [-0.4, -0.2) is 16.1 Å². The average molecular weight is 371 g/mol. The Bertz CT molecular complexity index is 803. The molecule has 23 heavy (non-hydrogen) atoms. The summed E-state index contributed by atoms with van der Waals surface area (Å²) >= 11 is 13.4. The molecule has 3 rings (SSSR count). The molecule has 1 fully saturated rings. The highest BCUT2D eigenvalue weighted by Crippen LogP contribution is 2.37. The van der Waals surface area contributed by atoms with E-state index in [2.05, 4.69) is 10.3 Å². The van der Waals surface area contributed by atoms with Crippen LogP contribution in [0.5, 0.6) is 0 Å². The van der Waals surface area contributed by atoms with Crippen molar-refractivity contribution in [3.8, 4) is 0 Å². The molecule has 1 aliphatic heterocycles. The average Bonchev–Trinajstić information content (AvgIpc) is 3.05. The summed E-state index contributed by atoms with van der Waals surface area (Å²) in [4.78, 5) is 18.2. The zero-order chi connectivity index (χ0) is 16.6. The van der Waals surface area contributed by atoms with E-state index in [0.717, 1.165) is 19.4 Å². The largest absolute Gasteiger partial charge is 0.383 e. The molecule has 1 aliphatic rings. The van der Waals surface area contributed by atoms with Gasteiger partial charge in [-0.05, 0) is 31.5 Å². The standard InChI is InChI=1S/C15H16Cl2N4OS/c1-21-14(9-5-3-7-19-9)20-13(18)12(15(21)22)23-10-6-2-4-8(16)11(10)17/h2,4,6,9,19H,3,5,7,18H2,1H3. The van der Waals surface area contributed by atoms with Gasteiger partial charge in [-0.2, -0.15) is 0 Å². The fourth-order valence-electron chi connectivity index (χ4n) is 2.60. The lowest BCUT2D eigenvalue weighted by Gasteiger charge is -2.16. The van der Waals surface area contributed by atoms with Gasteiger partial charge in [0.2, 0.25) is 0 Å². The first-order chi connectivity index (χ1) is 11.0. The Morgan fingerprint density at radius 2 is 2.22 bits per heavy atom. The van der Waals surface area contributed by atoms with Crippen LogP contribution in [0.25, 0.3) is 0 Å². The van der Waals surface area contributed by atoms with Gasteiger partial charge in [-0.3, -0.25) is 9.36 Å². The lowest BCUT2D eigenvalue weighted by molar-refractivity contribution is 0.555. The van der Waals surface area contributed by atoms with E-state index in [4.69, 9.17) is 28.9 Å². The highest BCUT2D eigenvalue weighted by atomic mass is 35.5. The second-order valence-corrected chi connectivity index (χ2v) is 7.19. The van der Waals surface area contributed by atoms with Crippen LogP contribution in [0.3, 0.4) is 0 Å². The lowest BCUT2D eigenvalue weighted by Crippen LogP contribution is -2.29. The minimum absolute atomic E-state index is 0.0730. The van der Waals surface area contributed by atoms with Crippen LogP contribution in [0.2, 0.25) is 10.0 Å². The van der Waals surface area contributed by atoms with Crippen LogP contribution in [0.15, 0.2) is 32.8 Å². The predicted molar refractivity (Wildman–Crippen MR) is 94.5 cm³/mol. The van der Waals surface area contributed by atoms with Crippen LogP contribution in [0, 0.1) is 0 Å². The lowest BCUT2D eigenvalue weighted by atomic mass is 10.2. The molecule has 0 amide bonds. The van der Waals surface area contributed by atoms with E-state index in [-0.39, 0.29) is 17.4 Å². The SMILES string of the molecule is Cn1c(C2CCCN2)nc(N)c(Sc2cccc(Cl)c2Cl)c1=O. The number of anilines is 1. The van der Waals surface area contributed by atoms with Crippen molar-refractivity contribution >= 4 is 40.8 Å². The summed E-state index contributed by atoms with van der Waals surface area (Å²) in [5.41, 5.74) is 5.87. The van der Waals surface area contributed by atoms with Crippen LogP contribution >= 0.6 is 35.0 Å².